The fourth-order valence-electron chi connectivity index (χ4n) is 2.19. The number of nitrogens with zero attached hydrogens (tertiary/aromatic N) is 2. The van der Waals surface area contributed by atoms with E-state index in [9.17, 15) is 9.18 Å². The molecule has 0 aliphatic carbocycles. The van der Waals surface area contributed by atoms with Crippen LogP contribution in [0.2, 0.25) is 0 Å². The number of hydrogen-bond acceptors (Lipinski definition) is 7. The minimum absolute atomic E-state index is 0.00694. The summed E-state index contributed by atoms with van der Waals surface area (Å²) in [5, 5.41) is 11.4. The number of hydrogen-bond donors (Lipinski definition) is 1. The summed E-state index contributed by atoms with van der Waals surface area (Å²) in [5.41, 5.74) is 1.22. The normalized spacial score (nSPS) is 11.8. The molecule has 0 saturated carbocycles. The Labute approximate surface area is 158 Å². The van der Waals surface area contributed by atoms with E-state index in [0.29, 0.717) is 26.5 Å². The first-order valence-electron chi connectivity index (χ1n) is 7.76. The third-order valence-electron chi connectivity index (χ3n) is 3.50. The first-order valence-corrected chi connectivity index (χ1v) is 9.46. The molecule has 0 aliphatic heterocycles. The summed E-state index contributed by atoms with van der Waals surface area (Å²) >= 11 is 2.66. The number of rotatable bonds is 7. The van der Waals surface area contributed by atoms with Gasteiger partial charge in [0.25, 0.3) is 0 Å². The minimum Gasteiger partial charge on any atom is -0.497 e. The van der Waals surface area contributed by atoms with Crippen molar-refractivity contribution in [2.45, 2.75) is 16.5 Å². The van der Waals surface area contributed by atoms with E-state index < -0.39 is 0 Å². The van der Waals surface area contributed by atoms with Gasteiger partial charge in [-0.2, -0.15) is 0 Å². The Hall–Kier alpha value is -2.45. The Bertz CT molecular complexity index is 899. The molecule has 3 aromatic rings. The number of ketones is 1. The van der Waals surface area contributed by atoms with Crippen molar-refractivity contribution in [2.75, 3.05) is 12.4 Å². The van der Waals surface area contributed by atoms with Gasteiger partial charge in [-0.05, 0) is 49.4 Å². The zero-order valence-electron chi connectivity index (χ0n) is 14.1. The summed E-state index contributed by atoms with van der Waals surface area (Å²) in [4.78, 5) is 12.5. The van der Waals surface area contributed by atoms with Gasteiger partial charge in [0.1, 0.15) is 11.6 Å². The highest BCUT2D eigenvalue weighted by atomic mass is 32.2. The average Bonchev–Trinajstić information content (AvgIpc) is 3.08. The number of methoxy groups -OCH3 is 1. The second-order valence-corrected chi connectivity index (χ2v) is 7.93. The lowest BCUT2D eigenvalue weighted by molar-refractivity contribution is 0.0994. The fourth-order valence-corrected chi connectivity index (χ4v) is 4.19. The van der Waals surface area contributed by atoms with Crippen molar-refractivity contribution in [1.29, 1.82) is 0 Å². The van der Waals surface area contributed by atoms with Crippen molar-refractivity contribution in [3.05, 3.63) is 59.9 Å². The first-order chi connectivity index (χ1) is 12.5. The molecule has 3 rings (SSSR count). The van der Waals surface area contributed by atoms with Crippen molar-refractivity contribution in [2.24, 2.45) is 0 Å². The van der Waals surface area contributed by atoms with E-state index >= 15 is 0 Å². The van der Waals surface area contributed by atoms with Gasteiger partial charge in [-0.3, -0.25) is 4.79 Å². The van der Waals surface area contributed by atoms with Crippen LogP contribution in [-0.4, -0.2) is 28.3 Å². The zero-order valence-corrected chi connectivity index (χ0v) is 15.7. The van der Waals surface area contributed by atoms with Gasteiger partial charge in [-0.15, -0.1) is 10.2 Å². The maximum Gasteiger partial charge on any atom is 0.210 e. The second-order valence-electron chi connectivity index (χ2n) is 5.36. The molecule has 0 fully saturated rings. The molecule has 1 heterocycles. The number of benzene rings is 2. The van der Waals surface area contributed by atoms with Crippen LogP contribution in [0.5, 0.6) is 5.75 Å². The number of ether oxygens (including phenoxy) is 1. The summed E-state index contributed by atoms with van der Waals surface area (Å²) in [6.45, 7) is 1.83. The van der Waals surface area contributed by atoms with Crippen LogP contribution in [0, 0.1) is 5.82 Å². The molecule has 0 amide bonds. The number of carbonyl (C=O) groups excluding carboxylic acids is 1. The molecule has 2 aromatic carbocycles. The van der Waals surface area contributed by atoms with E-state index in [4.69, 9.17) is 4.74 Å². The molecule has 0 saturated heterocycles. The molecule has 1 N–H and O–H groups in total. The number of nitrogens with one attached hydrogen (secondary N) is 1. The Morgan fingerprint density at radius 1 is 1.23 bits per heavy atom. The van der Waals surface area contributed by atoms with Crippen LogP contribution in [0.15, 0.2) is 52.9 Å². The average molecular weight is 389 g/mol. The zero-order chi connectivity index (χ0) is 18.5. The van der Waals surface area contributed by atoms with Gasteiger partial charge >= 0.3 is 0 Å². The maximum absolute atomic E-state index is 13.2. The fraction of sp³-hybridized carbons (Fsp3) is 0.167. The Kier molecular flexibility index (Phi) is 5.85. The molecule has 1 aromatic heterocycles. The van der Waals surface area contributed by atoms with Gasteiger partial charge in [0.2, 0.25) is 5.13 Å². The predicted molar refractivity (Wildman–Crippen MR) is 102 cm³/mol. The standard InChI is InChI=1S/C18H16FN3O2S2/c1-11(16(23)12-6-8-15(24-2)9-7-12)25-18-22-21-17(26-18)20-14-5-3-4-13(19)10-14/h3-11H,1-2H3,(H,20,21)/t11-/m1/s1. The van der Waals surface area contributed by atoms with Gasteiger partial charge in [-0.25, -0.2) is 4.39 Å². The van der Waals surface area contributed by atoms with Crippen LogP contribution in [0.4, 0.5) is 15.2 Å². The van der Waals surface area contributed by atoms with Gasteiger partial charge in [0.05, 0.1) is 12.4 Å². The first kappa shape index (κ1) is 18.3. The van der Waals surface area contributed by atoms with Crippen LogP contribution in [0.3, 0.4) is 0 Å². The van der Waals surface area contributed by atoms with Crippen molar-refractivity contribution in [3.63, 3.8) is 0 Å². The molecule has 1 atom stereocenters. The third kappa shape index (κ3) is 4.59. The Morgan fingerprint density at radius 3 is 2.69 bits per heavy atom. The summed E-state index contributed by atoms with van der Waals surface area (Å²) in [5.74, 6) is 0.388. The number of halogens is 1. The minimum atomic E-state index is -0.326. The van der Waals surface area contributed by atoms with Crippen molar-refractivity contribution >= 4 is 39.7 Å². The molecule has 8 heteroatoms. The monoisotopic (exact) mass is 389 g/mol. The third-order valence-corrected chi connectivity index (χ3v) is 5.53. The Balaban J connectivity index is 1.63. The molecule has 0 spiro atoms. The molecule has 5 nitrogen and oxygen atoms in total. The lowest BCUT2D eigenvalue weighted by Crippen LogP contribution is -2.13. The number of Topliss-reactive ketones (excluding diaryl/α,β-unsaturated/α-hetero) is 1. The molecule has 134 valence electrons. The van der Waals surface area contributed by atoms with Crippen LogP contribution in [0.25, 0.3) is 0 Å². The van der Waals surface area contributed by atoms with Crippen LogP contribution in [-0.2, 0) is 0 Å². The highest BCUT2D eigenvalue weighted by molar-refractivity contribution is 8.02. The molecule has 0 unspecified atom stereocenters. The van der Waals surface area contributed by atoms with Crippen molar-refractivity contribution in [1.82, 2.24) is 10.2 Å². The molecule has 0 aliphatic rings. The Morgan fingerprint density at radius 2 is 2.00 bits per heavy atom. The quantitative estimate of drug-likeness (QED) is 0.463. The van der Waals surface area contributed by atoms with E-state index in [1.807, 2.05) is 6.92 Å². The van der Waals surface area contributed by atoms with E-state index in [-0.39, 0.29) is 16.9 Å². The van der Waals surface area contributed by atoms with E-state index in [1.54, 1.807) is 43.5 Å². The summed E-state index contributed by atoms with van der Waals surface area (Å²) < 4.78 is 19.0. The lowest BCUT2D eigenvalue weighted by Gasteiger charge is -2.08. The molecule has 0 radical (unpaired) electrons. The van der Waals surface area contributed by atoms with Gasteiger partial charge in [-0.1, -0.05) is 29.2 Å². The predicted octanol–water partition coefficient (Wildman–Crippen LogP) is 4.79. The van der Waals surface area contributed by atoms with Crippen LogP contribution in [0.1, 0.15) is 17.3 Å². The van der Waals surface area contributed by atoms with E-state index in [2.05, 4.69) is 15.5 Å². The maximum atomic E-state index is 13.2. The summed E-state index contributed by atoms with van der Waals surface area (Å²) in [6.07, 6.45) is 0. The smallest absolute Gasteiger partial charge is 0.210 e. The topological polar surface area (TPSA) is 64.1 Å². The molecule has 26 heavy (non-hydrogen) atoms. The van der Waals surface area contributed by atoms with Gasteiger partial charge in [0, 0.05) is 11.3 Å². The van der Waals surface area contributed by atoms with Crippen LogP contribution >= 0.6 is 23.1 Å². The van der Waals surface area contributed by atoms with Gasteiger partial charge in [0.15, 0.2) is 10.1 Å². The SMILES string of the molecule is COc1ccc(C(=O)[C@@H](C)Sc2nnc(Nc3cccc(F)c3)s2)cc1. The molecule has 0 bridgehead atoms. The summed E-state index contributed by atoms with van der Waals surface area (Å²) in [6, 6.07) is 13.1. The molecular formula is C18H16FN3O2S2. The largest absolute Gasteiger partial charge is 0.497 e. The number of aromatic nitrogens is 2. The van der Waals surface area contributed by atoms with Crippen molar-refractivity contribution < 1.29 is 13.9 Å². The highest BCUT2D eigenvalue weighted by Gasteiger charge is 2.19. The van der Waals surface area contributed by atoms with E-state index in [0.717, 1.165) is 0 Å². The highest BCUT2D eigenvalue weighted by Crippen LogP contribution is 2.31. The lowest BCUT2D eigenvalue weighted by atomic mass is 10.1. The number of carbonyl (C=O) groups is 1. The van der Waals surface area contributed by atoms with E-state index in [1.165, 1.54) is 35.2 Å². The number of anilines is 2. The molecular weight excluding hydrogens is 373 g/mol. The van der Waals surface area contributed by atoms with Crippen LogP contribution < -0.4 is 10.1 Å². The van der Waals surface area contributed by atoms with Crippen molar-refractivity contribution in [3.8, 4) is 5.75 Å². The number of thioether (sulfide) groups is 1. The summed E-state index contributed by atoms with van der Waals surface area (Å²) in [7, 11) is 1.58. The second kappa shape index (κ2) is 8.29. The van der Waals surface area contributed by atoms with Gasteiger partial charge < -0.3 is 10.1 Å².